The Labute approximate surface area is 120 Å². The van der Waals surface area contributed by atoms with Gasteiger partial charge in [0.2, 0.25) is 0 Å². The zero-order chi connectivity index (χ0) is 15.2. The Hall–Kier alpha value is -1.36. The van der Waals surface area contributed by atoms with E-state index in [0.29, 0.717) is 19.3 Å². The molecule has 0 aliphatic rings. The Bertz CT molecular complexity index is 549. The summed E-state index contributed by atoms with van der Waals surface area (Å²) in [5.41, 5.74) is 2.08. The lowest BCUT2D eigenvalue weighted by molar-refractivity contribution is -0.141. The molecule has 20 heavy (non-hydrogen) atoms. The number of hydrogen-bond donors (Lipinski definition) is 1. The lowest BCUT2D eigenvalue weighted by Gasteiger charge is -2.12. The number of hydrogen-bond acceptors (Lipinski definition) is 3. The van der Waals surface area contributed by atoms with Crippen molar-refractivity contribution in [1.82, 2.24) is 0 Å². The number of carboxylic acid groups (broad SMARTS) is 1. The maximum Gasteiger partial charge on any atom is 0.306 e. The topological polar surface area (TPSA) is 71.4 Å². The highest BCUT2D eigenvalue weighted by atomic mass is 32.2. The van der Waals surface area contributed by atoms with Crippen molar-refractivity contribution in [2.75, 3.05) is 11.5 Å². The summed E-state index contributed by atoms with van der Waals surface area (Å²) in [5.74, 6) is -1.20. The number of aryl methyl sites for hydroxylation is 1. The molecule has 1 aromatic rings. The Kier molecular flexibility index (Phi) is 6.20. The minimum absolute atomic E-state index is 0.0705. The number of sulfone groups is 1. The van der Waals surface area contributed by atoms with E-state index < -0.39 is 21.7 Å². The van der Waals surface area contributed by atoms with Gasteiger partial charge >= 0.3 is 5.97 Å². The van der Waals surface area contributed by atoms with Crippen LogP contribution in [0.1, 0.15) is 30.9 Å². The van der Waals surface area contributed by atoms with Crippen molar-refractivity contribution < 1.29 is 18.3 Å². The second-order valence-electron chi connectivity index (χ2n) is 5.11. The molecule has 0 aromatic heterocycles. The lowest BCUT2D eigenvalue weighted by atomic mass is 9.94. The molecule has 5 heteroatoms. The summed E-state index contributed by atoms with van der Waals surface area (Å²) >= 11 is 0. The summed E-state index contributed by atoms with van der Waals surface area (Å²) in [7, 11) is -3.01. The molecule has 0 radical (unpaired) electrons. The Morgan fingerprint density at radius 2 is 2.05 bits per heavy atom. The van der Waals surface area contributed by atoms with Gasteiger partial charge in [-0.2, -0.15) is 0 Å². The van der Waals surface area contributed by atoms with Crippen molar-refractivity contribution in [1.29, 1.82) is 0 Å². The maximum absolute atomic E-state index is 11.4. The van der Waals surface area contributed by atoms with Crippen molar-refractivity contribution in [2.24, 2.45) is 5.92 Å². The summed E-state index contributed by atoms with van der Waals surface area (Å²) < 4.78 is 22.8. The molecule has 4 nitrogen and oxygen atoms in total. The van der Waals surface area contributed by atoms with Gasteiger partial charge < -0.3 is 5.11 Å². The average molecular weight is 298 g/mol. The van der Waals surface area contributed by atoms with Crippen molar-refractivity contribution in [2.45, 2.75) is 33.1 Å². The summed E-state index contributed by atoms with van der Waals surface area (Å²) in [6, 6.07) is 7.75. The Balaban J connectivity index is 2.60. The second-order valence-corrected chi connectivity index (χ2v) is 7.58. The maximum atomic E-state index is 11.4. The van der Waals surface area contributed by atoms with Crippen molar-refractivity contribution in [3.63, 3.8) is 0 Å². The monoisotopic (exact) mass is 298 g/mol. The van der Waals surface area contributed by atoms with E-state index in [4.69, 9.17) is 0 Å². The van der Waals surface area contributed by atoms with E-state index in [9.17, 15) is 18.3 Å². The van der Waals surface area contributed by atoms with Crippen LogP contribution in [-0.4, -0.2) is 31.0 Å². The highest BCUT2D eigenvalue weighted by molar-refractivity contribution is 7.91. The molecule has 0 heterocycles. The molecule has 1 aromatic carbocycles. The summed E-state index contributed by atoms with van der Waals surface area (Å²) in [4.78, 5) is 11.3. The van der Waals surface area contributed by atoms with Gasteiger partial charge in [0.05, 0.1) is 11.7 Å². The first-order chi connectivity index (χ1) is 9.34. The highest BCUT2D eigenvalue weighted by Gasteiger charge is 2.19. The fraction of sp³-hybridized carbons (Fsp3) is 0.533. The predicted octanol–water partition coefficient (Wildman–Crippen LogP) is 2.45. The summed E-state index contributed by atoms with van der Waals surface area (Å²) in [5, 5.41) is 9.24. The molecule has 0 fully saturated rings. The number of aliphatic carboxylic acids is 1. The SMILES string of the molecule is CCS(=O)(=O)CCCC(Cc1cccc(C)c1)C(=O)O. The first-order valence-corrected chi connectivity index (χ1v) is 8.65. The normalized spacial score (nSPS) is 13.1. The second kappa shape index (κ2) is 7.43. The third-order valence-corrected chi connectivity index (χ3v) is 5.15. The Morgan fingerprint density at radius 1 is 1.35 bits per heavy atom. The van der Waals surface area contributed by atoms with E-state index in [1.54, 1.807) is 6.92 Å². The van der Waals surface area contributed by atoms with Gasteiger partial charge in [0.15, 0.2) is 0 Å². The molecule has 0 saturated heterocycles. The minimum Gasteiger partial charge on any atom is -0.481 e. The van der Waals surface area contributed by atoms with E-state index in [2.05, 4.69) is 0 Å². The standard InChI is InChI=1S/C15H22O4S/c1-3-20(18,19)9-5-8-14(15(16)17)11-13-7-4-6-12(2)10-13/h4,6-7,10,14H,3,5,8-9,11H2,1-2H3,(H,16,17). The molecule has 0 spiro atoms. The van der Waals surface area contributed by atoms with Crippen molar-refractivity contribution >= 4 is 15.8 Å². The van der Waals surface area contributed by atoms with E-state index in [1.807, 2.05) is 31.2 Å². The van der Waals surface area contributed by atoms with Gasteiger partial charge in [-0.05, 0) is 31.7 Å². The third kappa shape index (κ3) is 5.74. The molecule has 0 bridgehead atoms. The van der Waals surface area contributed by atoms with Gasteiger partial charge in [-0.25, -0.2) is 8.42 Å². The van der Waals surface area contributed by atoms with E-state index >= 15 is 0 Å². The highest BCUT2D eigenvalue weighted by Crippen LogP contribution is 2.16. The molecular formula is C15H22O4S. The van der Waals surface area contributed by atoms with Crippen LogP contribution >= 0.6 is 0 Å². The van der Waals surface area contributed by atoms with Crippen molar-refractivity contribution in [3.8, 4) is 0 Å². The van der Waals surface area contributed by atoms with Crippen LogP contribution in [0.5, 0.6) is 0 Å². The predicted molar refractivity (Wildman–Crippen MR) is 79.6 cm³/mol. The zero-order valence-electron chi connectivity index (χ0n) is 12.0. The van der Waals surface area contributed by atoms with Gasteiger partial charge in [-0.15, -0.1) is 0 Å². The van der Waals surface area contributed by atoms with Gasteiger partial charge in [-0.1, -0.05) is 36.8 Å². The molecule has 1 atom stereocenters. The van der Waals surface area contributed by atoms with Crippen molar-refractivity contribution in [3.05, 3.63) is 35.4 Å². The molecule has 112 valence electrons. The van der Waals surface area contributed by atoms with Gasteiger partial charge in [0, 0.05) is 5.75 Å². The van der Waals surface area contributed by atoms with E-state index in [0.717, 1.165) is 11.1 Å². The van der Waals surface area contributed by atoms with Gasteiger partial charge in [0.1, 0.15) is 9.84 Å². The van der Waals surface area contributed by atoms with E-state index in [1.165, 1.54) is 0 Å². The fourth-order valence-corrected chi connectivity index (χ4v) is 3.03. The van der Waals surface area contributed by atoms with Gasteiger partial charge in [0.25, 0.3) is 0 Å². The molecule has 0 saturated carbocycles. The molecule has 0 aliphatic heterocycles. The minimum atomic E-state index is -3.01. The van der Waals surface area contributed by atoms with Crippen LogP contribution in [0.2, 0.25) is 0 Å². The molecule has 0 amide bonds. The van der Waals surface area contributed by atoms with Crippen LogP contribution in [0.15, 0.2) is 24.3 Å². The number of carboxylic acids is 1. The van der Waals surface area contributed by atoms with Gasteiger partial charge in [-0.3, -0.25) is 4.79 Å². The molecule has 0 aliphatic carbocycles. The number of rotatable bonds is 8. The van der Waals surface area contributed by atoms with Crippen LogP contribution < -0.4 is 0 Å². The van der Waals surface area contributed by atoms with Crippen LogP contribution in [0.3, 0.4) is 0 Å². The molecular weight excluding hydrogens is 276 g/mol. The Morgan fingerprint density at radius 3 is 2.60 bits per heavy atom. The first-order valence-electron chi connectivity index (χ1n) is 6.83. The number of benzene rings is 1. The average Bonchev–Trinajstić information content (AvgIpc) is 2.37. The lowest BCUT2D eigenvalue weighted by Crippen LogP contribution is -2.18. The summed E-state index contributed by atoms with van der Waals surface area (Å²) in [6.45, 7) is 3.57. The smallest absolute Gasteiger partial charge is 0.306 e. The van der Waals surface area contributed by atoms with E-state index in [-0.39, 0.29) is 11.5 Å². The quantitative estimate of drug-likeness (QED) is 0.800. The summed E-state index contributed by atoms with van der Waals surface area (Å²) in [6.07, 6.45) is 1.24. The van der Waals surface area contributed by atoms with Crippen LogP contribution in [0.4, 0.5) is 0 Å². The third-order valence-electron chi connectivity index (χ3n) is 3.36. The molecule has 1 N–H and O–H groups in total. The van der Waals surface area contributed by atoms with Crippen LogP contribution in [0.25, 0.3) is 0 Å². The van der Waals surface area contributed by atoms with Crippen LogP contribution in [0, 0.1) is 12.8 Å². The van der Waals surface area contributed by atoms with Crippen LogP contribution in [-0.2, 0) is 21.1 Å². The fourth-order valence-electron chi connectivity index (χ4n) is 2.13. The molecule has 1 rings (SSSR count). The first kappa shape index (κ1) is 16.7. The molecule has 1 unspecified atom stereocenters. The largest absolute Gasteiger partial charge is 0.481 e. The number of carbonyl (C=O) groups is 1. The zero-order valence-corrected chi connectivity index (χ0v) is 12.8.